The molecule has 7 heteroatoms. The molecule has 2 aliphatic rings. The molecule has 2 saturated heterocycles. The summed E-state index contributed by atoms with van der Waals surface area (Å²) in [6, 6.07) is 2.01. The molecular formula is C20H27N5O2. The summed E-state index contributed by atoms with van der Waals surface area (Å²) in [5.41, 5.74) is 2.71. The molecule has 2 aliphatic heterocycles. The molecule has 2 aromatic rings. The highest BCUT2D eigenvalue weighted by Crippen LogP contribution is 2.33. The zero-order valence-electron chi connectivity index (χ0n) is 16.1. The smallest absolute Gasteiger partial charge is 0.226 e. The topological polar surface area (TPSA) is 84.0 Å². The number of aryl methyl sites for hydroxylation is 2. The molecule has 1 N–H and O–H groups in total. The van der Waals surface area contributed by atoms with Gasteiger partial charge in [0.1, 0.15) is 11.5 Å². The highest BCUT2D eigenvalue weighted by Gasteiger charge is 2.34. The Kier molecular flexibility index (Phi) is 5.20. The van der Waals surface area contributed by atoms with Gasteiger partial charge in [-0.05, 0) is 52.0 Å². The van der Waals surface area contributed by atoms with Crippen LogP contribution in [0.1, 0.15) is 55.4 Å². The fraction of sp³-hybridized carbons (Fsp3) is 0.600. The highest BCUT2D eigenvalue weighted by atomic mass is 16.5. The third-order valence-corrected chi connectivity index (χ3v) is 5.50. The van der Waals surface area contributed by atoms with Crippen LogP contribution in [0, 0.1) is 19.8 Å². The van der Waals surface area contributed by atoms with Crippen LogP contribution >= 0.6 is 0 Å². The van der Waals surface area contributed by atoms with Gasteiger partial charge in [0, 0.05) is 37.6 Å². The summed E-state index contributed by atoms with van der Waals surface area (Å²) in [5.74, 6) is 1.79. The predicted molar refractivity (Wildman–Crippen MR) is 101 cm³/mol. The fourth-order valence-corrected chi connectivity index (χ4v) is 4.11. The summed E-state index contributed by atoms with van der Waals surface area (Å²) in [5, 5.41) is 0. The maximum Gasteiger partial charge on any atom is 0.226 e. The predicted octanol–water partition coefficient (Wildman–Crippen LogP) is 2.96. The lowest BCUT2D eigenvalue weighted by molar-refractivity contribution is -0.142. The second-order valence-corrected chi connectivity index (χ2v) is 7.57. The molecular weight excluding hydrogens is 342 g/mol. The molecule has 0 spiro atoms. The molecule has 27 heavy (non-hydrogen) atoms. The third kappa shape index (κ3) is 3.88. The number of amides is 1. The normalized spacial score (nSPS) is 21.4. The number of rotatable bonds is 3. The van der Waals surface area contributed by atoms with E-state index in [-0.39, 0.29) is 17.9 Å². The first kappa shape index (κ1) is 18.1. The Labute approximate surface area is 159 Å². The van der Waals surface area contributed by atoms with Crippen molar-refractivity contribution in [2.24, 2.45) is 5.92 Å². The molecule has 0 bridgehead atoms. The van der Waals surface area contributed by atoms with E-state index >= 15 is 0 Å². The number of H-pyrrole nitrogens is 1. The number of hydrogen-bond donors (Lipinski definition) is 1. The average Bonchev–Trinajstić information content (AvgIpc) is 3.14. The summed E-state index contributed by atoms with van der Waals surface area (Å²) in [4.78, 5) is 32.1. The van der Waals surface area contributed by atoms with Crippen molar-refractivity contribution >= 4 is 5.91 Å². The van der Waals surface area contributed by atoms with Gasteiger partial charge < -0.3 is 14.6 Å². The maximum atomic E-state index is 13.2. The second kappa shape index (κ2) is 7.76. The van der Waals surface area contributed by atoms with Crippen LogP contribution in [0.5, 0.6) is 0 Å². The first-order valence-corrected chi connectivity index (χ1v) is 9.87. The lowest BCUT2D eigenvalue weighted by Gasteiger charge is -2.38. The number of nitrogens with zero attached hydrogens (tertiary/aromatic N) is 4. The van der Waals surface area contributed by atoms with Gasteiger partial charge in [0.25, 0.3) is 0 Å². The minimum absolute atomic E-state index is 0.0191. The van der Waals surface area contributed by atoms with Crippen LogP contribution in [0.25, 0.3) is 11.5 Å². The van der Waals surface area contributed by atoms with Crippen LogP contribution in [0.4, 0.5) is 0 Å². The molecule has 144 valence electrons. The van der Waals surface area contributed by atoms with Crippen LogP contribution in [-0.2, 0) is 9.53 Å². The van der Waals surface area contributed by atoms with Gasteiger partial charge in [-0.25, -0.2) is 15.0 Å². The number of piperidine rings is 1. The van der Waals surface area contributed by atoms with Gasteiger partial charge in [-0.15, -0.1) is 0 Å². The van der Waals surface area contributed by atoms with E-state index in [0.717, 1.165) is 61.6 Å². The Morgan fingerprint density at radius 1 is 1.19 bits per heavy atom. The molecule has 2 aromatic heterocycles. The number of carbonyl (C=O) groups is 1. The molecule has 2 fully saturated rings. The first-order valence-electron chi connectivity index (χ1n) is 9.87. The van der Waals surface area contributed by atoms with E-state index in [1.165, 1.54) is 0 Å². The Bertz CT molecular complexity index is 812. The quantitative estimate of drug-likeness (QED) is 0.899. The number of likely N-dealkylation sites (tertiary alicyclic amines) is 1. The van der Waals surface area contributed by atoms with Crippen molar-refractivity contribution in [3.63, 3.8) is 0 Å². The van der Waals surface area contributed by atoms with Crippen LogP contribution in [0.15, 0.2) is 12.3 Å². The van der Waals surface area contributed by atoms with Crippen LogP contribution in [0.2, 0.25) is 0 Å². The molecule has 0 radical (unpaired) electrons. The van der Waals surface area contributed by atoms with Crippen molar-refractivity contribution in [3.05, 3.63) is 29.5 Å². The van der Waals surface area contributed by atoms with E-state index in [1.807, 2.05) is 19.9 Å². The molecule has 0 aliphatic carbocycles. The van der Waals surface area contributed by atoms with Crippen molar-refractivity contribution in [2.45, 2.75) is 52.0 Å². The van der Waals surface area contributed by atoms with E-state index in [2.05, 4.69) is 19.9 Å². The zero-order valence-corrected chi connectivity index (χ0v) is 16.1. The lowest BCUT2D eigenvalue weighted by atomic mass is 9.93. The maximum absolute atomic E-state index is 13.2. The van der Waals surface area contributed by atoms with Crippen molar-refractivity contribution in [2.75, 3.05) is 19.8 Å². The molecule has 0 unspecified atom stereocenters. The molecule has 1 atom stereocenters. The number of imidazole rings is 1. The summed E-state index contributed by atoms with van der Waals surface area (Å²) in [6.45, 7) is 6.04. The molecule has 0 aromatic carbocycles. The molecule has 4 heterocycles. The first-order chi connectivity index (χ1) is 13.1. The Hall–Kier alpha value is -2.28. The Balaban J connectivity index is 1.63. The summed E-state index contributed by atoms with van der Waals surface area (Å²) >= 11 is 0. The van der Waals surface area contributed by atoms with Crippen molar-refractivity contribution in [1.29, 1.82) is 0 Å². The molecule has 7 nitrogen and oxygen atoms in total. The monoisotopic (exact) mass is 369 g/mol. The van der Waals surface area contributed by atoms with Crippen LogP contribution in [0.3, 0.4) is 0 Å². The number of ether oxygens (including phenoxy) is 1. The number of aromatic nitrogens is 4. The van der Waals surface area contributed by atoms with E-state index in [9.17, 15) is 4.79 Å². The van der Waals surface area contributed by atoms with Crippen molar-refractivity contribution in [3.8, 4) is 11.5 Å². The summed E-state index contributed by atoms with van der Waals surface area (Å²) < 4.78 is 5.43. The van der Waals surface area contributed by atoms with E-state index in [4.69, 9.17) is 9.72 Å². The van der Waals surface area contributed by atoms with Gasteiger partial charge in [-0.2, -0.15) is 0 Å². The summed E-state index contributed by atoms with van der Waals surface area (Å²) in [6.07, 6.45) is 6.56. The minimum Gasteiger partial charge on any atom is -0.381 e. The standard InChI is InChI=1S/C20H27N5O2/c1-13-12-21-19(22-13)17-11-16(23-14(2)24-17)18-5-3-4-8-25(18)20(26)15-6-9-27-10-7-15/h11-12,15,18H,3-10H2,1-2H3,(H,21,22)/t18-/m1/s1. The largest absolute Gasteiger partial charge is 0.381 e. The van der Waals surface area contributed by atoms with Crippen LogP contribution in [-0.4, -0.2) is 50.5 Å². The van der Waals surface area contributed by atoms with Crippen LogP contribution < -0.4 is 0 Å². The Morgan fingerprint density at radius 2 is 2.00 bits per heavy atom. The van der Waals surface area contributed by atoms with E-state index in [0.29, 0.717) is 19.0 Å². The SMILES string of the molecule is Cc1nc(-c2ncc(C)[nH]2)cc([C@H]2CCCCN2C(=O)C2CCOCC2)n1. The zero-order chi connectivity index (χ0) is 18.8. The van der Waals surface area contributed by atoms with Gasteiger partial charge in [0.2, 0.25) is 5.91 Å². The lowest BCUT2D eigenvalue weighted by Crippen LogP contribution is -2.43. The van der Waals surface area contributed by atoms with Gasteiger partial charge in [0.05, 0.1) is 11.7 Å². The van der Waals surface area contributed by atoms with E-state index in [1.54, 1.807) is 6.20 Å². The number of carbonyl (C=O) groups excluding carboxylic acids is 1. The van der Waals surface area contributed by atoms with Crippen molar-refractivity contribution in [1.82, 2.24) is 24.8 Å². The number of nitrogens with one attached hydrogen (secondary N) is 1. The van der Waals surface area contributed by atoms with Gasteiger partial charge >= 0.3 is 0 Å². The highest BCUT2D eigenvalue weighted by molar-refractivity contribution is 5.79. The Morgan fingerprint density at radius 3 is 2.74 bits per heavy atom. The average molecular weight is 369 g/mol. The fourth-order valence-electron chi connectivity index (χ4n) is 4.11. The van der Waals surface area contributed by atoms with Gasteiger partial charge in [0.15, 0.2) is 5.82 Å². The summed E-state index contributed by atoms with van der Waals surface area (Å²) in [7, 11) is 0. The van der Waals surface area contributed by atoms with Gasteiger partial charge in [-0.3, -0.25) is 4.79 Å². The second-order valence-electron chi connectivity index (χ2n) is 7.57. The molecule has 1 amide bonds. The van der Waals surface area contributed by atoms with Crippen molar-refractivity contribution < 1.29 is 9.53 Å². The number of aromatic amines is 1. The third-order valence-electron chi connectivity index (χ3n) is 5.50. The molecule has 0 saturated carbocycles. The minimum atomic E-state index is 0.0191. The number of hydrogen-bond acceptors (Lipinski definition) is 5. The van der Waals surface area contributed by atoms with E-state index < -0.39 is 0 Å². The molecule has 4 rings (SSSR count). The van der Waals surface area contributed by atoms with Gasteiger partial charge in [-0.1, -0.05) is 0 Å².